The Morgan fingerprint density at radius 1 is 0.886 bits per heavy atom. The lowest BCUT2D eigenvalue weighted by atomic mass is 9.67. The van der Waals surface area contributed by atoms with E-state index in [4.69, 9.17) is 4.74 Å². The molecule has 0 aromatic heterocycles. The summed E-state index contributed by atoms with van der Waals surface area (Å²) in [5.74, 6) is 1.29. The maximum Gasteiger partial charge on any atom is 0.573 e. The Bertz CT molecular complexity index is 839. The Kier molecular flexibility index (Phi) is 8.64. The molecule has 3 nitrogen and oxygen atoms in total. The Morgan fingerprint density at radius 3 is 2.03 bits per heavy atom. The molecule has 0 radical (unpaired) electrons. The molecule has 0 saturated heterocycles. The van der Waals surface area contributed by atoms with Crippen LogP contribution in [0.3, 0.4) is 0 Å². The first-order chi connectivity index (χ1) is 16.7. The highest BCUT2D eigenvalue weighted by Gasteiger charge is 2.37. The van der Waals surface area contributed by atoms with Crippen LogP contribution in [0.1, 0.15) is 90.4 Å². The lowest BCUT2D eigenvalue weighted by Crippen LogP contribution is -2.31. The Labute approximate surface area is 205 Å². The van der Waals surface area contributed by atoms with Gasteiger partial charge in [-0.25, -0.2) is 4.39 Å². The van der Waals surface area contributed by atoms with Gasteiger partial charge in [0.05, 0.1) is 5.92 Å². The van der Waals surface area contributed by atoms with E-state index in [0.717, 1.165) is 67.6 Å². The summed E-state index contributed by atoms with van der Waals surface area (Å²) in [6.07, 6.45) is 10.9. The summed E-state index contributed by atoms with van der Waals surface area (Å²) in [5.41, 5.74) is 0. The van der Waals surface area contributed by atoms with Crippen molar-refractivity contribution in [2.75, 3.05) is 0 Å². The first-order valence-corrected chi connectivity index (χ1v) is 13.5. The van der Waals surface area contributed by atoms with Gasteiger partial charge in [0.1, 0.15) is 5.75 Å². The molecule has 35 heavy (non-hydrogen) atoms. The summed E-state index contributed by atoms with van der Waals surface area (Å²) in [6, 6.07) is 2.72. The van der Waals surface area contributed by atoms with Crippen molar-refractivity contribution in [3.05, 3.63) is 24.0 Å². The van der Waals surface area contributed by atoms with Gasteiger partial charge in [-0.3, -0.25) is 4.79 Å². The SMILES string of the molecule is CCCC1CCC(C2CCC(C3CCC(C(=O)Oc4ccc(OC(F)(F)F)c(F)c4)CC3)CC2)C1. The van der Waals surface area contributed by atoms with Crippen molar-refractivity contribution in [2.24, 2.45) is 35.5 Å². The van der Waals surface area contributed by atoms with Crippen LogP contribution in [0.4, 0.5) is 17.6 Å². The maximum absolute atomic E-state index is 13.9. The highest BCUT2D eigenvalue weighted by molar-refractivity contribution is 5.75. The number of ether oxygens (including phenoxy) is 2. The van der Waals surface area contributed by atoms with Gasteiger partial charge in [-0.2, -0.15) is 0 Å². The molecular formula is C28H38F4O3. The summed E-state index contributed by atoms with van der Waals surface area (Å²) in [6.45, 7) is 2.29. The second-order valence-corrected chi connectivity index (χ2v) is 11.1. The molecule has 0 N–H and O–H groups in total. The molecule has 0 aliphatic heterocycles. The summed E-state index contributed by atoms with van der Waals surface area (Å²) in [5, 5.41) is 0. The number of halogens is 4. The molecule has 2 unspecified atom stereocenters. The number of alkyl halides is 3. The first kappa shape index (κ1) is 26.3. The number of hydrogen-bond donors (Lipinski definition) is 0. The van der Waals surface area contributed by atoms with Crippen LogP contribution in [0, 0.1) is 41.3 Å². The lowest BCUT2D eigenvalue weighted by Gasteiger charge is -2.39. The average molecular weight is 499 g/mol. The Hall–Kier alpha value is -1.79. The van der Waals surface area contributed by atoms with E-state index in [1.807, 2.05) is 0 Å². The molecule has 196 valence electrons. The largest absolute Gasteiger partial charge is 0.573 e. The molecule has 2 atom stereocenters. The predicted octanol–water partition coefficient (Wildman–Crippen LogP) is 8.46. The van der Waals surface area contributed by atoms with Crippen LogP contribution < -0.4 is 9.47 Å². The zero-order valence-corrected chi connectivity index (χ0v) is 20.6. The van der Waals surface area contributed by atoms with Crippen molar-refractivity contribution in [3.8, 4) is 11.5 Å². The van der Waals surface area contributed by atoms with Gasteiger partial charge >= 0.3 is 12.3 Å². The van der Waals surface area contributed by atoms with E-state index < -0.39 is 23.9 Å². The van der Waals surface area contributed by atoms with E-state index in [0.29, 0.717) is 5.92 Å². The summed E-state index contributed by atoms with van der Waals surface area (Å²) >= 11 is 0. The summed E-state index contributed by atoms with van der Waals surface area (Å²) in [7, 11) is 0. The fourth-order valence-electron chi connectivity index (χ4n) is 7.08. The monoisotopic (exact) mass is 498 g/mol. The minimum atomic E-state index is -4.98. The Balaban J connectivity index is 1.19. The zero-order chi connectivity index (χ0) is 25.0. The van der Waals surface area contributed by atoms with Crippen LogP contribution in [-0.2, 0) is 4.79 Å². The van der Waals surface area contributed by atoms with E-state index in [-0.39, 0.29) is 11.7 Å². The molecule has 3 fully saturated rings. The fraction of sp³-hybridized carbons (Fsp3) is 0.750. The van der Waals surface area contributed by atoms with E-state index in [1.165, 1.54) is 57.8 Å². The molecule has 1 aromatic carbocycles. The van der Waals surface area contributed by atoms with Crippen molar-refractivity contribution in [3.63, 3.8) is 0 Å². The summed E-state index contributed by atoms with van der Waals surface area (Å²) < 4.78 is 59.7. The van der Waals surface area contributed by atoms with Crippen molar-refractivity contribution < 1.29 is 31.8 Å². The third-order valence-electron chi connectivity index (χ3n) is 8.88. The van der Waals surface area contributed by atoms with Gasteiger partial charge in [0.25, 0.3) is 0 Å². The van der Waals surface area contributed by atoms with E-state index >= 15 is 0 Å². The maximum atomic E-state index is 13.9. The molecule has 3 aliphatic carbocycles. The van der Waals surface area contributed by atoms with Crippen molar-refractivity contribution in [1.29, 1.82) is 0 Å². The van der Waals surface area contributed by atoms with Gasteiger partial charge in [0, 0.05) is 6.07 Å². The molecule has 7 heteroatoms. The van der Waals surface area contributed by atoms with Crippen LogP contribution in [0.25, 0.3) is 0 Å². The molecule has 0 heterocycles. The third kappa shape index (κ3) is 7.13. The second kappa shape index (κ2) is 11.5. The van der Waals surface area contributed by atoms with E-state index in [2.05, 4.69) is 11.7 Å². The second-order valence-electron chi connectivity index (χ2n) is 11.1. The van der Waals surface area contributed by atoms with Crippen LogP contribution >= 0.6 is 0 Å². The smallest absolute Gasteiger partial charge is 0.426 e. The number of carbonyl (C=O) groups is 1. The van der Waals surface area contributed by atoms with Gasteiger partial charge in [-0.05, 0) is 106 Å². The van der Waals surface area contributed by atoms with Crippen LogP contribution in [-0.4, -0.2) is 12.3 Å². The molecule has 0 spiro atoms. The van der Waals surface area contributed by atoms with Gasteiger partial charge in [-0.1, -0.05) is 26.2 Å². The van der Waals surface area contributed by atoms with Crippen LogP contribution in [0.15, 0.2) is 18.2 Å². The zero-order valence-electron chi connectivity index (χ0n) is 20.6. The number of benzene rings is 1. The third-order valence-corrected chi connectivity index (χ3v) is 8.88. The lowest BCUT2D eigenvalue weighted by molar-refractivity contribution is -0.275. The highest BCUT2D eigenvalue weighted by Crippen LogP contribution is 2.47. The van der Waals surface area contributed by atoms with E-state index in [9.17, 15) is 22.4 Å². The van der Waals surface area contributed by atoms with Gasteiger partial charge < -0.3 is 9.47 Å². The van der Waals surface area contributed by atoms with Gasteiger partial charge in [-0.15, -0.1) is 13.2 Å². The van der Waals surface area contributed by atoms with Crippen molar-refractivity contribution in [2.45, 2.75) is 96.8 Å². The standard InChI is InChI=1S/C28H38F4O3/c1-2-3-18-4-5-23(16-18)21-8-6-19(7-9-21)20-10-12-22(13-11-20)27(33)34-24-14-15-26(25(29)17-24)35-28(30,31)32/h14-15,17-23H,2-13,16H2,1H3. The fourth-order valence-corrected chi connectivity index (χ4v) is 7.08. The number of rotatable bonds is 7. The van der Waals surface area contributed by atoms with Crippen LogP contribution in [0.2, 0.25) is 0 Å². The minimum Gasteiger partial charge on any atom is -0.426 e. The van der Waals surface area contributed by atoms with Crippen molar-refractivity contribution in [1.82, 2.24) is 0 Å². The van der Waals surface area contributed by atoms with E-state index in [1.54, 1.807) is 0 Å². The molecule has 0 amide bonds. The average Bonchev–Trinajstić information content (AvgIpc) is 3.29. The number of hydrogen-bond acceptors (Lipinski definition) is 3. The van der Waals surface area contributed by atoms with Crippen molar-refractivity contribution >= 4 is 5.97 Å². The summed E-state index contributed by atoms with van der Waals surface area (Å²) in [4.78, 5) is 12.6. The molecule has 0 bridgehead atoms. The molecule has 3 saturated carbocycles. The number of esters is 1. The molecular weight excluding hydrogens is 460 g/mol. The first-order valence-electron chi connectivity index (χ1n) is 13.5. The predicted molar refractivity (Wildman–Crippen MR) is 125 cm³/mol. The van der Waals surface area contributed by atoms with Gasteiger partial charge in [0.2, 0.25) is 0 Å². The highest BCUT2D eigenvalue weighted by atomic mass is 19.4. The molecule has 1 aromatic rings. The molecule has 4 rings (SSSR count). The van der Waals surface area contributed by atoms with Crippen LogP contribution in [0.5, 0.6) is 11.5 Å². The minimum absolute atomic E-state index is 0.101. The number of carbonyl (C=O) groups excluding carboxylic acids is 1. The molecule has 3 aliphatic rings. The van der Waals surface area contributed by atoms with Gasteiger partial charge in [0.15, 0.2) is 11.6 Å². The Morgan fingerprint density at radius 2 is 1.46 bits per heavy atom. The topological polar surface area (TPSA) is 35.5 Å². The quantitative estimate of drug-likeness (QED) is 0.215. The normalized spacial score (nSPS) is 31.8.